The first-order valence-electron chi connectivity index (χ1n) is 7.57. The Bertz CT molecular complexity index is 539. The Labute approximate surface area is 136 Å². The summed E-state index contributed by atoms with van der Waals surface area (Å²) in [6, 6.07) is 9.04. The van der Waals surface area contributed by atoms with Crippen LogP contribution in [0.4, 0.5) is 0 Å². The molecule has 1 aromatic carbocycles. The Morgan fingerprint density at radius 2 is 2.14 bits per heavy atom. The van der Waals surface area contributed by atoms with Crippen LogP contribution in [0.15, 0.2) is 29.2 Å². The predicted octanol–water partition coefficient (Wildman–Crippen LogP) is 2.51. The van der Waals surface area contributed by atoms with Crippen molar-refractivity contribution in [1.82, 2.24) is 10.2 Å². The van der Waals surface area contributed by atoms with E-state index in [0.29, 0.717) is 17.9 Å². The van der Waals surface area contributed by atoms with E-state index in [9.17, 15) is 4.79 Å². The van der Waals surface area contributed by atoms with Crippen LogP contribution in [0.3, 0.4) is 0 Å². The highest BCUT2D eigenvalue weighted by Gasteiger charge is 2.38. The summed E-state index contributed by atoms with van der Waals surface area (Å²) in [7, 11) is 0. The molecule has 4 rings (SSSR count). The van der Waals surface area contributed by atoms with Crippen LogP contribution in [-0.4, -0.2) is 42.2 Å². The van der Waals surface area contributed by atoms with Crippen molar-refractivity contribution >= 4 is 30.1 Å². The van der Waals surface area contributed by atoms with Gasteiger partial charge in [0.1, 0.15) is 0 Å². The zero-order valence-corrected chi connectivity index (χ0v) is 13.6. The number of rotatable bonds is 1. The third-order valence-electron chi connectivity index (χ3n) is 4.97. The normalized spacial score (nSPS) is 30.5. The lowest BCUT2D eigenvalue weighted by atomic mass is 9.91. The number of thioether (sulfide) groups is 1. The highest BCUT2D eigenvalue weighted by Crippen LogP contribution is 2.40. The molecule has 1 N–H and O–H groups in total. The van der Waals surface area contributed by atoms with E-state index in [1.807, 2.05) is 11.8 Å². The van der Waals surface area contributed by atoms with Gasteiger partial charge >= 0.3 is 0 Å². The van der Waals surface area contributed by atoms with Gasteiger partial charge in [0.2, 0.25) is 5.91 Å². The van der Waals surface area contributed by atoms with E-state index in [4.69, 9.17) is 0 Å². The summed E-state index contributed by atoms with van der Waals surface area (Å²) < 4.78 is 0. The quantitative estimate of drug-likeness (QED) is 0.861. The van der Waals surface area contributed by atoms with Crippen LogP contribution in [0, 0.1) is 5.92 Å². The predicted molar refractivity (Wildman–Crippen MR) is 88.2 cm³/mol. The van der Waals surface area contributed by atoms with Crippen molar-refractivity contribution in [3.63, 3.8) is 0 Å². The number of hydrogen-bond acceptors (Lipinski definition) is 3. The average molecular weight is 325 g/mol. The number of piperidine rings is 1. The van der Waals surface area contributed by atoms with Gasteiger partial charge in [-0.15, -0.1) is 24.2 Å². The minimum atomic E-state index is 0. The number of likely N-dealkylation sites (tertiary alicyclic amines) is 1. The second-order valence-corrected chi connectivity index (χ2v) is 7.15. The van der Waals surface area contributed by atoms with Gasteiger partial charge in [-0.2, -0.15) is 0 Å². The molecule has 0 aromatic heterocycles. The van der Waals surface area contributed by atoms with Gasteiger partial charge in [-0.3, -0.25) is 4.79 Å². The first kappa shape index (κ1) is 15.2. The Balaban J connectivity index is 0.00000132. The molecule has 21 heavy (non-hydrogen) atoms. The summed E-state index contributed by atoms with van der Waals surface area (Å²) in [6.07, 6.45) is 2.35. The SMILES string of the molecule is Cl.O=C(C1CSc2ccccc21)N1CCC2NCCC2C1. The zero-order chi connectivity index (χ0) is 13.5. The maximum absolute atomic E-state index is 12.8. The van der Waals surface area contributed by atoms with Crippen LogP contribution < -0.4 is 5.32 Å². The second-order valence-electron chi connectivity index (χ2n) is 6.08. The number of carbonyl (C=O) groups excluding carboxylic acids is 1. The summed E-state index contributed by atoms with van der Waals surface area (Å²) in [5.41, 5.74) is 1.24. The molecule has 3 aliphatic rings. The Morgan fingerprint density at radius 3 is 3.05 bits per heavy atom. The van der Waals surface area contributed by atoms with Crippen molar-refractivity contribution in [2.75, 3.05) is 25.4 Å². The molecule has 1 amide bonds. The highest BCUT2D eigenvalue weighted by atomic mass is 35.5. The molecule has 0 bridgehead atoms. The molecule has 0 spiro atoms. The number of hydrogen-bond donors (Lipinski definition) is 1. The third kappa shape index (κ3) is 2.69. The smallest absolute Gasteiger partial charge is 0.231 e. The fraction of sp³-hybridized carbons (Fsp3) is 0.562. The van der Waals surface area contributed by atoms with Gasteiger partial charge in [0.25, 0.3) is 0 Å². The summed E-state index contributed by atoms with van der Waals surface area (Å²) in [6.45, 7) is 3.01. The van der Waals surface area contributed by atoms with Gasteiger partial charge in [0.15, 0.2) is 0 Å². The Kier molecular flexibility index (Phi) is 4.48. The van der Waals surface area contributed by atoms with Crippen molar-refractivity contribution in [3.8, 4) is 0 Å². The first-order chi connectivity index (χ1) is 9.83. The van der Waals surface area contributed by atoms with E-state index < -0.39 is 0 Å². The largest absolute Gasteiger partial charge is 0.342 e. The summed E-state index contributed by atoms with van der Waals surface area (Å²) in [4.78, 5) is 16.3. The lowest BCUT2D eigenvalue weighted by Gasteiger charge is -2.36. The van der Waals surface area contributed by atoms with E-state index in [1.54, 1.807) is 0 Å². The van der Waals surface area contributed by atoms with Gasteiger partial charge in [-0.1, -0.05) is 18.2 Å². The van der Waals surface area contributed by atoms with E-state index in [2.05, 4.69) is 34.5 Å². The van der Waals surface area contributed by atoms with Crippen LogP contribution in [-0.2, 0) is 4.79 Å². The van der Waals surface area contributed by atoms with Crippen LogP contribution in [0.25, 0.3) is 0 Å². The van der Waals surface area contributed by atoms with Gasteiger partial charge in [0.05, 0.1) is 5.92 Å². The third-order valence-corrected chi connectivity index (χ3v) is 6.15. The summed E-state index contributed by atoms with van der Waals surface area (Å²) in [5.74, 6) is 2.04. The fourth-order valence-corrected chi connectivity index (χ4v) is 5.06. The van der Waals surface area contributed by atoms with Crippen molar-refractivity contribution in [2.45, 2.75) is 29.7 Å². The molecule has 3 aliphatic heterocycles. The lowest BCUT2D eigenvalue weighted by Crippen LogP contribution is -2.48. The van der Waals surface area contributed by atoms with E-state index in [0.717, 1.165) is 31.8 Å². The molecule has 114 valence electrons. The van der Waals surface area contributed by atoms with Crippen LogP contribution >= 0.6 is 24.2 Å². The molecular formula is C16H21ClN2OS. The molecule has 3 heterocycles. The van der Waals surface area contributed by atoms with E-state index in [-0.39, 0.29) is 18.3 Å². The van der Waals surface area contributed by atoms with Gasteiger partial charge in [-0.05, 0) is 36.9 Å². The number of nitrogens with zero attached hydrogens (tertiary/aromatic N) is 1. The number of amides is 1. The Hall–Kier alpha value is -0.710. The lowest BCUT2D eigenvalue weighted by molar-refractivity contribution is -0.134. The van der Waals surface area contributed by atoms with Gasteiger partial charge in [-0.25, -0.2) is 0 Å². The number of fused-ring (bicyclic) bond motifs is 2. The molecule has 0 saturated carbocycles. The number of nitrogens with one attached hydrogen (secondary N) is 1. The minimum absolute atomic E-state index is 0. The Morgan fingerprint density at radius 1 is 1.29 bits per heavy atom. The maximum Gasteiger partial charge on any atom is 0.231 e. The van der Waals surface area contributed by atoms with Crippen LogP contribution in [0.5, 0.6) is 0 Å². The van der Waals surface area contributed by atoms with Gasteiger partial charge in [0, 0.05) is 29.8 Å². The monoisotopic (exact) mass is 324 g/mol. The molecule has 3 nitrogen and oxygen atoms in total. The fourth-order valence-electron chi connectivity index (χ4n) is 3.84. The highest BCUT2D eigenvalue weighted by molar-refractivity contribution is 7.99. The average Bonchev–Trinajstić information content (AvgIpc) is 3.12. The van der Waals surface area contributed by atoms with Crippen molar-refractivity contribution in [3.05, 3.63) is 29.8 Å². The molecule has 0 radical (unpaired) electrons. The topological polar surface area (TPSA) is 32.3 Å². The first-order valence-corrected chi connectivity index (χ1v) is 8.55. The van der Waals surface area contributed by atoms with E-state index in [1.165, 1.54) is 16.9 Å². The van der Waals surface area contributed by atoms with Crippen molar-refractivity contribution in [2.24, 2.45) is 5.92 Å². The number of halogens is 1. The molecule has 2 saturated heterocycles. The second kappa shape index (κ2) is 6.19. The molecular weight excluding hydrogens is 304 g/mol. The molecule has 1 aromatic rings. The van der Waals surface area contributed by atoms with Gasteiger partial charge < -0.3 is 10.2 Å². The van der Waals surface area contributed by atoms with Crippen LogP contribution in [0.1, 0.15) is 24.3 Å². The van der Waals surface area contributed by atoms with E-state index >= 15 is 0 Å². The number of benzene rings is 1. The molecule has 5 heteroatoms. The minimum Gasteiger partial charge on any atom is -0.342 e. The maximum atomic E-state index is 12.8. The molecule has 0 aliphatic carbocycles. The van der Waals surface area contributed by atoms with Crippen molar-refractivity contribution in [1.29, 1.82) is 0 Å². The van der Waals surface area contributed by atoms with Crippen molar-refractivity contribution < 1.29 is 4.79 Å². The molecule has 3 unspecified atom stereocenters. The zero-order valence-electron chi connectivity index (χ0n) is 12.0. The summed E-state index contributed by atoms with van der Waals surface area (Å²) in [5, 5.41) is 3.56. The summed E-state index contributed by atoms with van der Waals surface area (Å²) >= 11 is 1.83. The van der Waals surface area contributed by atoms with Crippen LogP contribution in [0.2, 0.25) is 0 Å². The molecule has 2 fully saturated rings. The standard InChI is InChI=1S/C16H20N2OS.ClH/c19-16(13-10-20-15-4-2-1-3-12(13)15)18-8-6-14-11(9-18)5-7-17-14;/h1-4,11,13-14,17H,5-10H2;1H. The molecule has 3 atom stereocenters. The number of carbonyl (C=O) groups is 1.